The number of carboxylic acid groups (broad SMARTS) is 1. The van der Waals surface area contributed by atoms with Crippen LogP contribution in [0.4, 0.5) is 0 Å². The molecule has 0 aliphatic carbocycles. The lowest BCUT2D eigenvalue weighted by molar-refractivity contribution is 0.0696. The molecule has 0 unspecified atom stereocenters. The molecule has 2 heterocycles. The van der Waals surface area contributed by atoms with E-state index in [-0.39, 0.29) is 11.3 Å². The third kappa shape index (κ3) is 4.90. The van der Waals surface area contributed by atoms with Crippen molar-refractivity contribution in [2.45, 2.75) is 25.7 Å². The molecule has 0 bridgehead atoms. The van der Waals surface area contributed by atoms with Gasteiger partial charge in [-0.25, -0.2) is 9.48 Å². The number of hydrogen-bond donors (Lipinski definition) is 2. The Morgan fingerprint density at radius 2 is 1.57 bits per heavy atom. The van der Waals surface area contributed by atoms with Gasteiger partial charge in [-0.2, -0.15) is 0 Å². The molecule has 1 aromatic heterocycles. The fourth-order valence-corrected chi connectivity index (χ4v) is 4.53. The number of aromatic carboxylic acids is 1. The van der Waals surface area contributed by atoms with Gasteiger partial charge in [-0.15, -0.1) is 5.10 Å². The lowest BCUT2D eigenvalue weighted by Gasteiger charge is -2.23. The second-order valence-electron chi connectivity index (χ2n) is 8.90. The normalized spacial score (nSPS) is 14.1. The van der Waals surface area contributed by atoms with Crippen molar-refractivity contribution in [1.29, 1.82) is 0 Å². The van der Waals surface area contributed by atoms with Crippen LogP contribution in [0.2, 0.25) is 0 Å². The molecule has 0 atom stereocenters. The molecular formula is C28H26N4O3. The molecule has 4 aromatic rings. The fraction of sp³-hybridized carbons (Fsp3) is 0.214. The van der Waals surface area contributed by atoms with Crippen LogP contribution < -0.4 is 5.32 Å². The number of hydrogen-bond acceptors (Lipinski definition) is 5. The third-order valence-corrected chi connectivity index (χ3v) is 6.56. The predicted octanol–water partition coefficient (Wildman–Crippen LogP) is 4.97. The molecule has 1 fully saturated rings. The van der Waals surface area contributed by atoms with Gasteiger partial charge >= 0.3 is 5.97 Å². The van der Waals surface area contributed by atoms with Crippen LogP contribution in [-0.4, -0.2) is 44.9 Å². The first-order valence-electron chi connectivity index (χ1n) is 11.7. The Hall–Kier alpha value is -4.10. The molecule has 35 heavy (non-hydrogen) atoms. The fourth-order valence-electron chi connectivity index (χ4n) is 4.53. The maximum absolute atomic E-state index is 11.9. The SMILES string of the molecule is CC(=O)c1ccc(-c2cn(-c3cc(C(=O)O)cc(-c4ccc(C5CCNCC5)cc4)c3)nn2)cc1. The Kier molecular flexibility index (Phi) is 6.25. The van der Waals surface area contributed by atoms with E-state index >= 15 is 0 Å². The monoisotopic (exact) mass is 466 g/mol. The van der Waals surface area contributed by atoms with Crippen molar-refractivity contribution in [1.82, 2.24) is 20.3 Å². The Bertz CT molecular complexity index is 1370. The lowest BCUT2D eigenvalue weighted by Crippen LogP contribution is -2.26. The minimum absolute atomic E-state index is 0.00185. The van der Waals surface area contributed by atoms with Crippen LogP contribution in [0.15, 0.2) is 72.9 Å². The van der Waals surface area contributed by atoms with Crippen molar-refractivity contribution in [3.05, 3.63) is 89.6 Å². The number of benzene rings is 3. The van der Waals surface area contributed by atoms with Crippen molar-refractivity contribution in [2.24, 2.45) is 0 Å². The average Bonchev–Trinajstić information content (AvgIpc) is 3.40. The molecule has 176 valence electrons. The van der Waals surface area contributed by atoms with Crippen LogP contribution in [-0.2, 0) is 0 Å². The zero-order valence-electron chi connectivity index (χ0n) is 19.4. The van der Waals surface area contributed by atoms with E-state index in [0.717, 1.165) is 42.6 Å². The van der Waals surface area contributed by atoms with Crippen LogP contribution >= 0.6 is 0 Å². The first kappa shape index (κ1) is 22.7. The quantitative estimate of drug-likeness (QED) is 0.390. The van der Waals surface area contributed by atoms with Gasteiger partial charge in [0.05, 0.1) is 17.4 Å². The van der Waals surface area contributed by atoms with Crippen LogP contribution in [0, 0.1) is 0 Å². The van der Waals surface area contributed by atoms with Crippen molar-refractivity contribution >= 4 is 11.8 Å². The van der Waals surface area contributed by atoms with E-state index < -0.39 is 5.97 Å². The molecule has 7 nitrogen and oxygen atoms in total. The highest BCUT2D eigenvalue weighted by Gasteiger charge is 2.16. The number of rotatable bonds is 6. The van der Waals surface area contributed by atoms with Crippen molar-refractivity contribution < 1.29 is 14.7 Å². The molecule has 2 N–H and O–H groups in total. The highest BCUT2D eigenvalue weighted by Crippen LogP contribution is 2.30. The molecule has 0 radical (unpaired) electrons. The third-order valence-electron chi connectivity index (χ3n) is 6.56. The number of Topliss-reactive ketones (excluding diaryl/α,β-unsaturated/α-hetero) is 1. The van der Waals surface area contributed by atoms with E-state index in [9.17, 15) is 14.7 Å². The largest absolute Gasteiger partial charge is 0.478 e. The van der Waals surface area contributed by atoms with Crippen LogP contribution in [0.5, 0.6) is 0 Å². The molecule has 1 aliphatic rings. The van der Waals surface area contributed by atoms with Gasteiger partial charge in [0.2, 0.25) is 0 Å². The summed E-state index contributed by atoms with van der Waals surface area (Å²) in [5.41, 5.74) is 5.96. The number of carboxylic acids is 1. The molecule has 0 saturated carbocycles. The highest BCUT2D eigenvalue weighted by atomic mass is 16.4. The van der Waals surface area contributed by atoms with E-state index in [1.54, 1.807) is 35.1 Å². The smallest absolute Gasteiger partial charge is 0.335 e. The van der Waals surface area contributed by atoms with Gasteiger partial charge in [-0.3, -0.25) is 4.79 Å². The van der Waals surface area contributed by atoms with Crippen LogP contribution in [0.3, 0.4) is 0 Å². The maximum Gasteiger partial charge on any atom is 0.335 e. The van der Waals surface area contributed by atoms with Gasteiger partial charge in [-0.05, 0) is 73.7 Å². The molecule has 3 aromatic carbocycles. The summed E-state index contributed by atoms with van der Waals surface area (Å²) in [6, 6.07) is 20.8. The maximum atomic E-state index is 11.9. The summed E-state index contributed by atoms with van der Waals surface area (Å²) in [7, 11) is 0. The van der Waals surface area contributed by atoms with E-state index in [4.69, 9.17) is 0 Å². The van der Waals surface area contributed by atoms with Gasteiger partial charge in [0.15, 0.2) is 5.78 Å². The van der Waals surface area contributed by atoms with E-state index in [2.05, 4.69) is 39.9 Å². The van der Waals surface area contributed by atoms with Gasteiger partial charge in [0.25, 0.3) is 0 Å². The van der Waals surface area contributed by atoms with E-state index in [0.29, 0.717) is 22.9 Å². The van der Waals surface area contributed by atoms with Gasteiger partial charge in [0.1, 0.15) is 5.69 Å². The predicted molar refractivity (Wildman–Crippen MR) is 134 cm³/mol. The van der Waals surface area contributed by atoms with Crippen LogP contribution in [0.25, 0.3) is 28.1 Å². The summed E-state index contributed by atoms with van der Waals surface area (Å²) in [4.78, 5) is 23.4. The summed E-state index contributed by atoms with van der Waals surface area (Å²) in [5.74, 6) is -0.439. The molecule has 1 saturated heterocycles. The zero-order chi connectivity index (χ0) is 24.4. The number of nitrogens with zero attached hydrogens (tertiary/aromatic N) is 3. The highest BCUT2D eigenvalue weighted by molar-refractivity contribution is 5.94. The standard InChI is InChI=1S/C28H26N4O3/c1-18(33)19-2-8-23(9-3-19)27-17-32(31-30-27)26-15-24(14-25(16-26)28(34)35)21-6-4-20(5-7-21)22-10-12-29-13-11-22/h2-9,14-17,22,29H,10-13H2,1H3,(H,34,35). The summed E-state index contributed by atoms with van der Waals surface area (Å²) >= 11 is 0. The summed E-state index contributed by atoms with van der Waals surface area (Å²) < 4.78 is 1.58. The second-order valence-corrected chi connectivity index (χ2v) is 8.90. The van der Waals surface area contributed by atoms with E-state index in [1.165, 1.54) is 12.5 Å². The van der Waals surface area contributed by atoms with Crippen molar-refractivity contribution in [3.63, 3.8) is 0 Å². The Morgan fingerprint density at radius 1 is 0.886 bits per heavy atom. The number of piperidine rings is 1. The molecule has 5 rings (SSSR count). The number of carbonyl (C=O) groups excluding carboxylic acids is 1. The molecule has 1 aliphatic heterocycles. The Balaban J connectivity index is 1.46. The second kappa shape index (κ2) is 9.64. The lowest BCUT2D eigenvalue weighted by atomic mass is 9.89. The number of carbonyl (C=O) groups is 2. The summed E-state index contributed by atoms with van der Waals surface area (Å²) in [6.45, 7) is 3.60. The molecule has 0 amide bonds. The summed E-state index contributed by atoms with van der Waals surface area (Å²) in [5, 5.41) is 21.6. The van der Waals surface area contributed by atoms with Gasteiger partial charge in [-0.1, -0.05) is 53.7 Å². The molecule has 0 spiro atoms. The number of aromatic nitrogens is 3. The zero-order valence-corrected chi connectivity index (χ0v) is 19.4. The van der Waals surface area contributed by atoms with Crippen molar-refractivity contribution in [3.8, 4) is 28.1 Å². The van der Waals surface area contributed by atoms with Gasteiger partial charge < -0.3 is 10.4 Å². The Labute approximate surface area is 203 Å². The number of ketones is 1. The molecular weight excluding hydrogens is 440 g/mol. The van der Waals surface area contributed by atoms with Crippen LogP contribution in [0.1, 0.15) is 52.0 Å². The first-order chi connectivity index (χ1) is 17.0. The topological polar surface area (TPSA) is 97.1 Å². The van der Waals surface area contributed by atoms with Gasteiger partial charge in [0, 0.05) is 11.1 Å². The minimum atomic E-state index is -1.00. The first-order valence-corrected chi connectivity index (χ1v) is 11.7. The minimum Gasteiger partial charge on any atom is -0.478 e. The average molecular weight is 467 g/mol. The molecule has 7 heteroatoms. The number of nitrogens with one attached hydrogen (secondary N) is 1. The Morgan fingerprint density at radius 3 is 2.23 bits per heavy atom. The van der Waals surface area contributed by atoms with E-state index in [1.807, 2.05) is 18.2 Å². The van der Waals surface area contributed by atoms with Crippen molar-refractivity contribution in [2.75, 3.05) is 13.1 Å². The summed E-state index contributed by atoms with van der Waals surface area (Å²) in [6.07, 6.45) is 4.02.